The number of nitrogens with zero attached hydrogens (tertiary/aromatic N) is 1. The van der Waals surface area contributed by atoms with Gasteiger partial charge in [0.25, 0.3) is 5.56 Å². The van der Waals surface area contributed by atoms with Gasteiger partial charge >= 0.3 is 5.69 Å². The Bertz CT molecular complexity index is 712. The average Bonchev–Trinajstić information content (AvgIpc) is 2.68. The normalized spacial score (nSPS) is 29.0. The molecule has 124 valence electrons. The number of ether oxygens (including phenoxy) is 1. The van der Waals surface area contributed by atoms with Gasteiger partial charge in [-0.25, -0.2) is 9.18 Å². The SMILES string of the molecule is Cc1cn([C@@H]2O[C@H](COP(=O)([O-])[O-])[C@@H](O)[C@H]2F)c(=O)[nH]c1=O. The molecule has 1 aromatic rings. The third kappa shape index (κ3) is 3.51. The fourth-order valence-electron chi connectivity index (χ4n) is 2.01. The lowest BCUT2D eigenvalue weighted by Crippen LogP contribution is -2.36. The van der Waals surface area contributed by atoms with Crippen LogP contribution in [-0.2, 0) is 13.8 Å². The number of aliphatic hydroxyl groups is 1. The summed E-state index contributed by atoms with van der Waals surface area (Å²) in [6, 6.07) is 0. The molecule has 0 aromatic carbocycles. The maximum Gasteiger partial charge on any atom is 0.330 e. The van der Waals surface area contributed by atoms with Gasteiger partial charge in [-0.15, -0.1) is 0 Å². The Kier molecular flexibility index (Phi) is 4.66. The molecule has 0 aliphatic carbocycles. The van der Waals surface area contributed by atoms with E-state index in [0.29, 0.717) is 0 Å². The number of nitrogens with one attached hydrogen (secondary N) is 1. The standard InChI is InChI=1S/C10H14FN2O8P/c1-4-2-13(10(16)12-8(4)15)9-6(11)7(14)5(21-9)3-20-22(17,18)19/h2,5-7,9,14H,3H2,1H3,(H,12,15,16)(H2,17,18,19)/p-2/t5-,6-,7-,9-/m1/s1. The highest BCUT2D eigenvalue weighted by Gasteiger charge is 2.45. The Morgan fingerprint density at radius 1 is 1.55 bits per heavy atom. The van der Waals surface area contributed by atoms with Crippen LogP contribution in [0.2, 0.25) is 0 Å². The van der Waals surface area contributed by atoms with Crippen molar-refractivity contribution in [2.24, 2.45) is 0 Å². The minimum absolute atomic E-state index is 0.105. The fourth-order valence-corrected chi connectivity index (χ4v) is 2.33. The fraction of sp³-hybridized carbons (Fsp3) is 0.600. The summed E-state index contributed by atoms with van der Waals surface area (Å²) in [6.45, 7) is 0.485. The second-order valence-electron chi connectivity index (χ2n) is 4.72. The van der Waals surface area contributed by atoms with Gasteiger partial charge in [0, 0.05) is 11.8 Å². The van der Waals surface area contributed by atoms with Crippen molar-refractivity contribution in [2.75, 3.05) is 6.61 Å². The largest absolute Gasteiger partial charge is 0.790 e. The van der Waals surface area contributed by atoms with Crippen LogP contribution in [0.15, 0.2) is 15.8 Å². The summed E-state index contributed by atoms with van der Waals surface area (Å²) in [5, 5.41) is 9.64. The second kappa shape index (κ2) is 6.03. The Hall–Kier alpha value is -1.36. The molecule has 2 N–H and O–H groups in total. The van der Waals surface area contributed by atoms with Crippen molar-refractivity contribution < 1.29 is 33.1 Å². The highest BCUT2D eigenvalue weighted by molar-refractivity contribution is 7.43. The number of halogens is 1. The minimum atomic E-state index is -5.31. The van der Waals surface area contributed by atoms with E-state index in [4.69, 9.17) is 4.74 Å². The maximum absolute atomic E-state index is 14.0. The van der Waals surface area contributed by atoms with Crippen LogP contribution in [-0.4, -0.2) is 39.6 Å². The number of phosphoric acid groups is 1. The first kappa shape index (κ1) is 17.0. The summed E-state index contributed by atoms with van der Waals surface area (Å²) in [6.07, 6.45) is -5.91. The third-order valence-electron chi connectivity index (χ3n) is 3.11. The predicted octanol–water partition coefficient (Wildman–Crippen LogP) is -2.71. The van der Waals surface area contributed by atoms with Crippen LogP contribution in [0, 0.1) is 6.92 Å². The lowest BCUT2D eigenvalue weighted by molar-refractivity contribution is -0.343. The van der Waals surface area contributed by atoms with E-state index in [2.05, 4.69) is 4.52 Å². The number of aryl methyl sites for hydroxylation is 1. The quantitative estimate of drug-likeness (QED) is 0.561. The molecule has 2 heterocycles. The highest BCUT2D eigenvalue weighted by atomic mass is 31.2. The van der Waals surface area contributed by atoms with E-state index in [9.17, 15) is 33.4 Å². The monoisotopic (exact) mass is 338 g/mol. The van der Waals surface area contributed by atoms with Crippen LogP contribution in [0.25, 0.3) is 0 Å². The number of aromatic amines is 1. The first-order valence-corrected chi connectivity index (χ1v) is 7.52. The molecule has 0 spiro atoms. The van der Waals surface area contributed by atoms with Gasteiger partial charge < -0.3 is 28.7 Å². The first-order valence-electron chi connectivity index (χ1n) is 6.06. The van der Waals surface area contributed by atoms with E-state index in [1.807, 2.05) is 4.98 Å². The molecule has 2 rings (SSSR count). The molecule has 1 saturated heterocycles. The van der Waals surface area contributed by atoms with Crippen molar-refractivity contribution in [2.45, 2.75) is 31.5 Å². The molecule has 12 heteroatoms. The van der Waals surface area contributed by atoms with Crippen molar-refractivity contribution in [3.05, 3.63) is 32.6 Å². The van der Waals surface area contributed by atoms with Crippen molar-refractivity contribution in [3.63, 3.8) is 0 Å². The summed E-state index contributed by atoms with van der Waals surface area (Å²) < 4.78 is 34.1. The number of alkyl halides is 1. The van der Waals surface area contributed by atoms with Gasteiger partial charge in [0.05, 0.1) is 14.4 Å². The molecule has 1 aromatic heterocycles. The van der Waals surface area contributed by atoms with Crippen molar-refractivity contribution >= 4 is 7.82 Å². The summed E-state index contributed by atoms with van der Waals surface area (Å²) in [4.78, 5) is 45.6. The van der Waals surface area contributed by atoms with E-state index in [-0.39, 0.29) is 5.56 Å². The molecule has 22 heavy (non-hydrogen) atoms. The van der Waals surface area contributed by atoms with Crippen LogP contribution in [0.1, 0.15) is 11.8 Å². The Balaban J connectivity index is 2.23. The zero-order valence-electron chi connectivity index (χ0n) is 11.2. The Morgan fingerprint density at radius 2 is 2.18 bits per heavy atom. The van der Waals surface area contributed by atoms with E-state index in [0.717, 1.165) is 10.8 Å². The van der Waals surface area contributed by atoms with Gasteiger partial charge in [0.2, 0.25) is 0 Å². The van der Waals surface area contributed by atoms with Crippen LogP contribution in [0.3, 0.4) is 0 Å². The molecule has 0 amide bonds. The van der Waals surface area contributed by atoms with Gasteiger partial charge in [0.15, 0.2) is 12.4 Å². The van der Waals surface area contributed by atoms with Gasteiger partial charge in [-0.3, -0.25) is 14.3 Å². The summed E-state index contributed by atoms with van der Waals surface area (Å²) in [5.41, 5.74) is -1.52. The molecule has 1 aliphatic rings. The summed E-state index contributed by atoms with van der Waals surface area (Å²) in [7, 11) is -5.31. The van der Waals surface area contributed by atoms with Crippen LogP contribution in [0.4, 0.5) is 4.39 Å². The molecule has 0 radical (unpaired) electrons. The number of hydrogen-bond donors (Lipinski definition) is 2. The van der Waals surface area contributed by atoms with Crippen LogP contribution in [0.5, 0.6) is 0 Å². The zero-order valence-corrected chi connectivity index (χ0v) is 12.1. The molecule has 1 aliphatic heterocycles. The van der Waals surface area contributed by atoms with Gasteiger partial charge in [0.1, 0.15) is 12.2 Å². The van der Waals surface area contributed by atoms with Crippen LogP contribution >= 0.6 is 7.82 Å². The van der Waals surface area contributed by atoms with E-state index in [1.54, 1.807) is 0 Å². The molecule has 0 saturated carbocycles. The molecule has 0 bridgehead atoms. The number of hydrogen-bond acceptors (Lipinski definition) is 8. The second-order valence-corrected chi connectivity index (χ2v) is 5.87. The van der Waals surface area contributed by atoms with E-state index < -0.39 is 50.3 Å². The molecular formula is C10H12FN2O8P-2. The van der Waals surface area contributed by atoms with Crippen molar-refractivity contribution in [1.29, 1.82) is 0 Å². The number of aliphatic hydroxyl groups excluding tert-OH is 1. The molecule has 1 fully saturated rings. The van der Waals surface area contributed by atoms with Crippen molar-refractivity contribution in [1.82, 2.24) is 9.55 Å². The lowest BCUT2D eigenvalue weighted by atomic mass is 10.1. The van der Waals surface area contributed by atoms with Gasteiger partial charge in [-0.05, 0) is 6.92 Å². The number of rotatable bonds is 4. The molecular weight excluding hydrogens is 326 g/mol. The zero-order chi connectivity index (χ0) is 16.7. The summed E-state index contributed by atoms with van der Waals surface area (Å²) in [5.74, 6) is 0. The van der Waals surface area contributed by atoms with E-state index in [1.165, 1.54) is 6.92 Å². The maximum atomic E-state index is 14.0. The predicted molar refractivity (Wildman–Crippen MR) is 64.4 cm³/mol. The molecule has 0 unspecified atom stereocenters. The Labute approximate surface area is 122 Å². The first-order chi connectivity index (χ1) is 10.1. The third-order valence-corrected chi connectivity index (χ3v) is 3.58. The number of phosphoric ester groups is 1. The molecule has 4 atom stereocenters. The number of aromatic nitrogens is 2. The minimum Gasteiger partial charge on any atom is -0.790 e. The molecule has 10 nitrogen and oxygen atoms in total. The van der Waals surface area contributed by atoms with Crippen LogP contribution < -0.4 is 21.0 Å². The van der Waals surface area contributed by atoms with Gasteiger partial charge in [-0.2, -0.15) is 0 Å². The van der Waals surface area contributed by atoms with E-state index >= 15 is 0 Å². The Morgan fingerprint density at radius 3 is 2.77 bits per heavy atom. The smallest absolute Gasteiger partial charge is 0.330 e. The lowest BCUT2D eigenvalue weighted by Gasteiger charge is -2.30. The summed E-state index contributed by atoms with van der Waals surface area (Å²) >= 11 is 0. The average molecular weight is 338 g/mol. The van der Waals surface area contributed by atoms with Gasteiger partial charge in [-0.1, -0.05) is 0 Å². The topological polar surface area (TPSA) is 157 Å². The number of H-pyrrole nitrogens is 1. The highest BCUT2D eigenvalue weighted by Crippen LogP contribution is 2.33. The van der Waals surface area contributed by atoms with Crippen molar-refractivity contribution in [3.8, 4) is 0 Å².